The summed E-state index contributed by atoms with van der Waals surface area (Å²) in [6.45, 7) is 7.37. The quantitative estimate of drug-likeness (QED) is 0.716. The summed E-state index contributed by atoms with van der Waals surface area (Å²) in [4.78, 5) is 2.30. The Morgan fingerprint density at radius 1 is 0.913 bits per heavy atom. The van der Waals surface area contributed by atoms with Gasteiger partial charge in [0, 0.05) is 18.4 Å². The Balaban J connectivity index is 2.20. The van der Waals surface area contributed by atoms with Crippen molar-refractivity contribution in [2.75, 3.05) is 17.6 Å². The van der Waals surface area contributed by atoms with E-state index in [4.69, 9.17) is 0 Å². The maximum absolute atomic E-state index is 12.7. The third-order valence-corrected chi connectivity index (χ3v) is 7.15. The van der Waals surface area contributed by atoms with Crippen LogP contribution in [0.4, 0.5) is 18.9 Å². The van der Waals surface area contributed by atoms with Gasteiger partial charge < -0.3 is 4.90 Å². The van der Waals surface area contributed by atoms with Gasteiger partial charge in [0.2, 0.25) is 0 Å². The summed E-state index contributed by atoms with van der Waals surface area (Å²) in [6, 6.07) is 15.8. The number of hydrogen-bond acceptors (Lipinski definition) is 1. The monoisotopic (exact) mass is 337 g/mol. The molecule has 0 unspecified atom stereocenters. The summed E-state index contributed by atoms with van der Waals surface area (Å²) < 4.78 is 38.1. The Labute approximate surface area is 136 Å². The Kier molecular flexibility index (Phi) is 5.19. The molecule has 0 radical (unpaired) electrons. The number of halogens is 3. The average Bonchev–Trinajstić information content (AvgIpc) is 2.53. The molecule has 0 atom stereocenters. The van der Waals surface area contributed by atoms with Gasteiger partial charge in [0.25, 0.3) is 0 Å². The molecule has 0 bridgehead atoms. The van der Waals surface area contributed by atoms with Gasteiger partial charge in [-0.15, -0.1) is 0 Å². The van der Waals surface area contributed by atoms with E-state index in [9.17, 15) is 13.2 Å². The Morgan fingerprint density at radius 2 is 1.48 bits per heavy atom. The van der Waals surface area contributed by atoms with E-state index in [1.54, 1.807) is 12.1 Å². The van der Waals surface area contributed by atoms with Gasteiger partial charge in [0.15, 0.2) is 0 Å². The zero-order chi connectivity index (χ0) is 17.1. The highest BCUT2D eigenvalue weighted by Gasteiger charge is 2.32. The highest BCUT2D eigenvalue weighted by Crippen LogP contribution is 2.28. The molecule has 0 saturated carbocycles. The lowest BCUT2D eigenvalue weighted by atomic mass is 10.2. The first kappa shape index (κ1) is 17.6. The fraction of sp³-hybridized carbons (Fsp3) is 0.333. The minimum absolute atomic E-state index is 0.582. The number of nitrogens with zero attached hydrogens (tertiary/aromatic N) is 1. The maximum atomic E-state index is 12.7. The van der Waals surface area contributed by atoms with E-state index in [-0.39, 0.29) is 0 Å². The molecule has 1 nitrogen and oxygen atoms in total. The standard InChI is InChI=1S/C18H22F3NSi/c1-4-22(16-8-6-5-7-9-16)14-23(2,3)17-12-10-15(11-13-17)18(19,20)21/h5-13H,4,14H2,1-3H3. The number of rotatable bonds is 5. The molecule has 0 saturated heterocycles. The second kappa shape index (κ2) is 6.79. The maximum Gasteiger partial charge on any atom is 0.416 e. The van der Waals surface area contributed by atoms with Crippen LogP contribution in [0.25, 0.3) is 0 Å². The lowest BCUT2D eigenvalue weighted by Crippen LogP contribution is -2.52. The molecule has 0 fully saturated rings. The predicted octanol–water partition coefficient (Wildman–Crippen LogP) is 4.69. The summed E-state index contributed by atoms with van der Waals surface area (Å²) in [5.41, 5.74) is 0.573. The van der Waals surface area contributed by atoms with Crippen LogP contribution in [-0.4, -0.2) is 20.8 Å². The molecular weight excluding hydrogens is 315 g/mol. The van der Waals surface area contributed by atoms with Crippen LogP contribution in [0, 0.1) is 0 Å². The van der Waals surface area contributed by atoms with Crippen LogP contribution < -0.4 is 10.1 Å². The van der Waals surface area contributed by atoms with Gasteiger partial charge >= 0.3 is 6.18 Å². The van der Waals surface area contributed by atoms with Crippen molar-refractivity contribution in [1.29, 1.82) is 0 Å². The number of benzene rings is 2. The minimum Gasteiger partial charge on any atom is -0.374 e. The summed E-state index contributed by atoms with van der Waals surface area (Å²) in [5.74, 6) is 0. The molecule has 0 N–H and O–H groups in total. The summed E-state index contributed by atoms with van der Waals surface area (Å²) >= 11 is 0. The van der Waals surface area contributed by atoms with Gasteiger partial charge in [0.1, 0.15) is 8.07 Å². The lowest BCUT2D eigenvalue weighted by molar-refractivity contribution is -0.137. The number of hydrogen-bond donors (Lipinski definition) is 0. The molecule has 0 aliphatic rings. The van der Waals surface area contributed by atoms with Gasteiger partial charge in [-0.2, -0.15) is 13.2 Å². The van der Waals surface area contributed by atoms with Crippen LogP contribution in [0.2, 0.25) is 13.1 Å². The minimum atomic E-state index is -4.27. The van der Waals surface area contributed by atoms with Crippen LogP contribution in [0.5, 0.6) is 0 Å². The normalized spacial score (nSPS) is 12.3. The number of alkyl halides is 3. The van der Waals surface area contributed by atoms with Crippen molar-refractivity contribution >= 4 is 18.9 Å². The molecule has 0 aromatic heterocycles. The van der Waals surface area contributed by atoms with Crippen molar-refractivity contribution in [2.24, 2.45) is 0 Å². The lowest BCUT2D eigenvalue weighted by Gasteiger charge is -2.32. The molecular formula is C18H22F3NSi. The van der Waals surface area contributed by atoms with Gasteiger partial charge in [-0.1, -0.05) is 60.7 Å². The van der Waals surface area contributed by atoms with Crippen molar-refractivity contribution in [1.82, 2.24) is 0 Å². The van der Waals surface area contributed by atoms with Gasteiger partial charge in [-0.3, -0.25) is 0 Å². The molecule has 0 heterocycles. The second-order valence-corrected chi connectivity index (χ2v) is 11.0. The highest BCUT2D eigenvalue weighted by molar-refractivity contribution is 6.90. The first-order valence-corrected chi connectivity index (χ1v) is 10.9. The summed E-state index contributed by atoms with van der Waals surface area (Å²) in [7, 11) is -1.87. The molecule has 5 heteroatoms. The van der Waals surface area contributed by atoms with E-state index in [1.165, 1.54) is 12.1 Å². The number of para-hydroxylation sites is 1. The van der Waals surface area contributed by atoms with Crippen molar-refractivity contribution in [3.63, 3.8) is 0 Å². The SMILES string of the molecule is CCN(C[Si](C)(C)c1ccc(C(F)(F)F)cc1)c1ccccc1. The molecule has 0 aliphatic heterocycles. The molecule has 2 rings (SSSR count). The smallest absolute Gasteiger partial charge is 0.374 e. The van der Waals surface area contributed by atoms with Crippen molar-refractivity contribution in [3.05, 3.63) is 60.2 Å². The molecule has 23 heavy (non-hydrogen) atoms. The highest BCUT2D eigenvalue weighted by atomic mass is 28.3. The van der Waals surface area contributed by atoms with Crippen molar-refractivity contribution < 1.29 is 13.2 Å². The van der Waals surface area contributed by atoms with Crippen molar-refractivity contribution in [2.45, 2.75) is 26.2 Å². The fourth-order valence-electron chi connectivity index (χ4n) is 2.70. The topological polar surface area (TPSA) is 3.24 Å². The second-order valence-electron chi connectivity index (χ2n) is 6.31. The molecule has 0 spiro atoms. The third kappa shape index (κ3) is 4.38. The van der Waals surface area contributed by atoms with E-state index in [0.29, 0.717) is 0 Å². The zero-order valence-corrected chi connectivity index (χ0v) is 14.7. The Morgan fingerprint density at radius 3 is 1.96 bits per heavy atom. The van der Waals surface area contributed by atoms with Gasteiger partial charge in [-0.05, 0) is 19.1 Å². The molecule has 2 aromatic carbocycles. The first-order chi connectivity index (χ1) is 10.7. The summed E-state index contributed by atoms with van der Waals surface area (Å²) in [5, 5.41) is 1.04. The van der Waals surface area contributed by atoms with E-state index < -0.39 is 19.8 Å². The number of anilines is 1. The Bertz CT molecular complexity index is 621. The van der Waals surface area contributed by atoms with Crippen LogP contribution in [0.3, 0.4) is 0 Å². The van der Waals surface area contributed by atoms with Gasteiger partial charge in [0.05, 0.1) is 5.56 Å². The van der Waals surface area contributed by atoms with E-state index in [1.807, 2.05) is 18.2 Å². The van der Waals surface area contributed by atoms with E-state index in [2.05, 4.69) is 37.1 Å². The molecule has 2 aromatic rings. The summed E-state index contributed by atoms with van der Waals surface area (Å²) in [6.07, 6.45) is -3.40. The van der Waals surface area contributed by atoms with Gasteiger partial charge in [-0.25, -0.2) is 0 Å². The predicted molar refractivity (Wildman–Crippen MR) is 92.9 cm³/mol. The molecule has 124 valence electrons. The van der Waals surface area contributed by atoms with Crippen LogP contribution >= 0.6 is 0 Å². The average molecular weight is 337 g/mol. The van der Waals surface area contributed by atoms with E-state index in [0.717, 1.165) is 23.6 Å². The largest absolute Gasteiger partial charge is 0.416 e. The Hall–Kier alpha value is -1.75. The van der Waals surface area contributed by atoms with Crippen LogP contribution in [-0.2, 0) is 6.18 Å². The fourth-order valence-corrected chi connectivity index (χ4v) is 5.32. The zero-order valence-electron chi connectivity index (χ0n) is 13.7. The van der Waals surface area contributed by atoms with E-state index >= 15 is 0 Å². The third-order valence-electron chi connectivity index (χ3n) is 4.08. The molecule has 0 amide bonds. The van der Waals surface area contributed by atoms with Crippen LogP contribution in [0.1, 0.15) is 12.5 Å². The first-order valence-electron chi connectivity index (χ1n) is 7.72. The molecule has 0 aliphatic carbocycles. The van der Waals surface area contributed by atoms with Crippen molar-refractivity contribution in [3.8, 4) is 0 Å². The van der Waals surface area contributed by atoms with Crippen LogP contribution in [0.15, 0.2) is 54.6 Å².